The maximum Gasteiger partial charge on any atom is 0.341 e. The Labute approximate surface area is 231 Å². The van der Waals surface area contributed by atoms with E-state index in [1.165, 1.54) is 11.0 Å². The van der Waals surface area contributed by atoms with Gasteiger partial charge in [0.1, 0.15) is 10.6 Å². The number of rotatable bonds is 5. The molecular formula is C30H31N3O5S. The first kappa shape index (κ1) is 26.6. The van der Waals surface area contributed by atoms with E-state index in [0.717, 1.165) is 63.7 Å². The Hall–Kier alpha value is -3.98. The molecule has 3 heterocycles. The van der Waals surface area contributed by atoms with E-state index in [-0.39, 0.29) is 18.1 Å². The van der Waals surface area contributed by atoms with Crippen LogP contribution in [0.15, 0.2) is 29.8 Å². The van der Waals surface area contributed by atoms with E-state index >= 15 is 0 Å². The summed E-state index contributed by atoms with van der Waals surface area (Å²) in [5.41, 5.74) is 6.02. The fourth-order valence-corrected chi connectivity index (χ4v) is 6.98. The van der Waals surface area contributed by atoms with Gasteiger partial charge >= 0.3 is 12.0 Å². The van der Waals surface area contributed by atoms with Crippen LogP contribution in [0, 0.1) is 27.7 Å². The van der Waals surface area contributed by atoms with Gasteiger partial charge in [0.05, 0.1) is 17.9 Å². The van der Waals surface area contributed by atoms with E-state index < -0.39 is 17.8 Å². The predicted molar refractivity (Wildman–Crippen MR) is 151 cm³/mol. The molecule has 0 spiro atoms. The zero-order valence-corrected chi connectivity index (χ0v) is 23.6. The van der Waals surface area contributed by atoms with Crippen molar-refractivity contribution in [2.45, 2.75) is 60.3 Å². The van der Waals surface area contributed by atoms with Crippen LogP contribution >= 0.6 is 11.3 Å². The molecule has 0 bridgehead atoms. The molecule has 1 aliphatic heterocycles. The topological polar surface area (TPSA) is 97.7 Å². The molecule has 202 valence electrons. The number of nitrogens with zero attached hydrogens (tertiary/aromatic N) is 2. The lowest BCUT2D eigenvalue weighted by molar-refractivity contribution is -0.122. The number of amides is 4. The molecule has 1 aliphatic carbocycles. The van der Waals surface area contributed by atoms with Crippen molar-refractivity contribution in [3.63, 3.8) is 0 Å². The largest absolute Gasteiger partial charge is 0.462 e. The smallest absolute Gasteiger partial charge is 0.341 e. The fourth-order valence-electron chi connectivity index (χ4n) is 5.50. The van der Waals surface area contributed by atoms with Gasteiger partial charge in [0.2, 0.25) is 0 Å². The van der Waals surface area contributed by atoms with Gasteiger partial charge < -0.3 is 9.30 Å². The van der Waals surface area contributed by atoms with Crippen LogP contribution in [0.3, 0.4) is 0 Å². The van der Waals surface area contributed by atoms with Gasteiger partial charge in [0, 0.05) is 16.3 Å². The van der Waals surface area contributed by atoms with Crippen molar-refractivity contribution in [1.29, 1.82) is 0 Å². The SMILES string of the molecule is CCOC(=O)c1c(-n2c(C)cc(/C=C3\C(=O)NC(=O)N(c4cc(C)cc(C)c4)C3=O)c2C)sc2c1CCCC2. The van der Waals surface area contributed by atoms with Gasteiger partial charge in [-0.15, -0.1) is 11.3 Å². The normalized spacial score (nSPS) is 16.5. The van der Waals surface area contributed by atoms with E-state index in [1.807, 2.05) is 44.4 Å². The Balaban J connectivity index is 1.59. The molecule has 4 amide bonds. The van der Waals surface area contributed by atoms with Crippen LogP contribution in [0.25, 0.3) is 11.1 Å². The van der Waals surface area contributed by atoms with E-state index in [2.05, 4.69) is 5.32 Å². The van der Waals surface area contributed by atoms with Gasteiger partial charge in [-0.3, -0.25) is 14.9 Å². The highest BCUT2D eigenvalue weighted by molar-refractivity contribution is 7.15. The van der Waals surface area contributed by atoms with Crippen molar-refractivity contribution in [3.05, 3.63) is 73.9 Å². The maximum atomic E-state index is 13.5. The summed E-state index contributed by atoms with van der Waals surface area (Å²) >= 11 is 1.60. The number of fused-ring (bicyclic) bond motifs is 1. The molecule has 1 aromatic carbocycles. The standard InChI is InChI=1S/C30H31N3O5S/c1-6-38-29(36)25-22-9-7-8-10-24(22)39-28(25)32-18(4)14-20(19(32)5)15-23-26(34)31-30(37)33(27(23)35)21-12-16(2)11-17(3)13-21/h11-15H,6-10H2,1-5H3,(H,31,34,37)/b23-15+. The Morgan fingerprint density at radius 3 is 2.41 bits per heavy atom. The summed E-state index contributed by atoms with van der Waals surface area (Å²) in [7, 11) is 0. The minimum Gasteiger partial charge on any atom is -0.462 e. The molecule has 1 N–H and O–H groups in total. The first-order valence-electron chi connectivity index (χ1n) is 13.1. The van der Waals surface area contributed by atoms with Gasteiger partial charge in [-0.2, -0.15) is 0 Å². The van der Waals surface area contributed by atoms with Gasteiger partial charge in [-0.1, -0.05) is 6.07 Å². The second-order valence-corrected chi connectivity index (χ2v) is 11.2. The summed E-state index contributed by atoms with van der Waals surface area (Å²) in [6, 6.07) is 6.52. The van der Waals surface area contributed by atoms with Crippen LogP contribution in [-0.2, 0) is 27.2 Å². The molecule has 1 saturated heterocycles. The number of imide groups is 2. The number of carbonyl (C=O) groups is 4. The molecule has 1 fully saturated rings. The number of carbonyl (C=O) groups excluding carboxylic acids is 4. The highest BCUT2D eigenvalue weighted by Gasteiger charge is 2.37. The average molecular weight is 546 g/mol. The van der Waals surface area contributed by atoms with Crippen molar-refractivity contribution >= 4 is 46.9 Å². The molecule has 39 heavy (non-hydrogen) atoms. The molecular weight excluding hydrogens is 514 g/mol. The molecule has 3 aromatic rings. The van der Waals surface area contributed by atoms with Crippen LogP contribution in [0.1, 0.15) is 68.6 Å². The number of urea groups is 1. The molecule has 0 atom stereocenters. The first-order chi connectivity index (χ1) is 18.6. The van der Waals surface area contributed by atoms with Crippen molar-refractivity contribution < 1.29 is 23.9 Å². The number of thiophene rings is 1. The van der Waals surface area contributed by atoms with E-state index in [0.29, 0.717) is 16.8 Å². The van der Waals surface area contributed by atoms with E-state index in [9.17, 15) is 19.2 Å². The van der Waals surface area contributed by atoms with Gasteiger partial charge in [-0.25, -0.2) is 14.5 Å². The molecule has 9 heteroatoms. The van der Waals surface area contributed by atoms with Crippen molar-refractivity contribution in [3.8, 4) is 5.00 Å². The number of aryl methyl sites for hydroxylation is 4. The van der Waals surface area contributed by atoms with Crippen LogP contribution in [0.5, 0.6) is 0 Å². The lowest BCUT2D eigenvalue weighted by Crippen LogP contribution is -2.54. The second-order valence-electron chi connectivity index (χ2n) is 10.1. The van der Waals surface area contributed by atoms with Crippen LogP contribution in [0.2, 0.25) is 0 Å². The summed E-state index contributed by atoms with van der Waals surface area (Å²) < 4.78 is 7.44. The second kappa shape index (κ2) is 10.3. The molecule has 5 rings (SSSR count). The number of barbiturate groups is 1. The van der Waals surface area contributed by atoms with Gasteiger partial charge in [0.25, 0.3) is 11.8 Å². The number of esters is 1. The number of hydrogen-bond donors (Lipinski definition) is 1. The third-order valence-electron chi connectivity index (χ3n) is 7.17. The molecule has 0 unspecified atom stereocenters. The summed E-state index contributed by atoms with van der Waals surface area (Å²) in [6.07, 6.45) is 5.41. The van der Waals surface area contributed by atoms with E-state index in [4.69, 9.17) is 4.74 Å². The van der Waals surface area contributed by atoms with Crippen LogP contribution in [-0.4, -0.2) is 35.0 Å². The summed E-state index contributed by atoms with van der Waals surface area (Å²) in [5.74, 6) is -1.75. The van der Waals surface area contributed by atoms with Crippen molar-refractivity contribution in [2.75, 3.05) is 11.5 Å². The van der Waals surface area contributed by atoms with Gasteiger partial charge in [-0.05, 0) is 107 Å². The number of benzene rings is 1. The number of aromatic nitrogens is 1. The predicted octanol–water partition coefficient (Wildman–Crippen LogP) is 5.49. The molecule has 0 saturated carbocycles. The lowest BCUT2D eigenvalue weighted by Gasteiger charge is -2.27. The monoisotopic (exact) mass is 545 g/mol. The maximum absolute atomic E-state index is 13.5. The Bertz CT molecular complexity index is 1560. The third-order valence-corrected chi connectivity index (χ3v) is 8.45. The number of nitrogens with one attached hydrogen (secondary N) is 1. The van der Waals surface area contributed by atoms with E-state index in [1.54, 1.807) is 30.4 Å². The molecule has 2 aromatic heterocycles. The van der Waals surface area contributed by atoms with Crippen LogP contribution < -0.4 is 10.2 Å². The number of hydrogen-bond acceptors (Lipinski definition) is 6. The minimum absolute atomic E-state index is 0.134. The molecule has 8 nitrogen and oxygen atoms in total. The quantitative estimate of drug-likeness (QED) is 0.260. The number of ether oxygens (including phenoxy) is 1. The van der Waals surface area contributed by atoms with Gasteiger partial charge in [0.15, 0.2) is 0 Å². The lowest BCUT2D eigenvalue weighted by atomic mass is 9.95. The Morgan fingerprint density at radius 1 is 1.03 bits per heavy atom. The van der Waals surface area contributed by atoms with Crippen LogP contribution in [0.4, 0.5) is 10.5 Å². The Kier molecular flexibility index (Phi) is 7.03. The summed E-state index contributed by atoms with van der Waals surface area (Å²) in [4.78, 5) is 54.3. The first-order valence-corrected chi connectivity index (χ1v) is 13.9. The fraction of sp³-hybridized carbons (Fsp3) is 0.333. The third kappa shape index (κ3) is 4.71. The zero-order valence-electron chi connectivity index (χ0n) is 22.8. The highest BCUT2D eigenvalue weighted by atomic mass is 32.1. The highest BCUT2D eigenvalue weighted by Crippen LogP contribution is 2.39. The van der Waals surface area contributed by atoms with Crippen molar-refractivity contribution in [2.24, 2.45) is 0 Å². The summed E-state index contributed by atoms with van der Waals surface area (Å²) in [6.45, 7) is 9.67. The summed E-state index contributed by atoms with van der Waals surface area (Å²) in [5, 5.41) is 3.10. The zero-order chi connectivity index (χ0) is 28.0. The minimum atomic E-state index is -0.777. The average Bonchev–Trinajstić information content (AvgIpc) is 3.37. The Morgan fingerprint density at radius 2 is 1.72 bits per heavy atom. The number of anilines is 1. The molecule has 2 aliphatic rings. The van der Waals surface area contributed by atoms with Crippen molar-refractivity contribution in [1.82, 2.24) is 9.88 Å². The molecule has 0 radical (unpaired) electrons.